The minimum absolute atomic E-state index is 0.369. The summed E-state index contributed by atoms with van der Waals surface area (Å²) in [6.45, 7) is 3.69. The highest BCUT2D eigenvalue weighted by atomic mass is 16.5. The third-order valence-corrected chi connectivity index (χ3v) is 4.80. The van der Waals surface area contributed by atoms with Crippen LogP contribution in [-0.2, 0) is 11.3 Å². The van der Waals surface area contributed by atoms with Crippen LogP contribution < -0.4 is 11.2 Å². The number of aryl methyl sites for hydroxylation is 2. The third kappa shape index (κ3) is 3.77. The molecule has 7 nitrogen and oxygen atoms in total. The SMILES string of the molecule is Cc1ccc(-n2c(=O)c(C(=O)O)cn(CCC3CCOCC3)c2=O)cc1. The summed E-state index contributed by atoms with van der Waals surface area (Å²) in [6, 6.07) is 6.85. The van der Waals surface area contributed by atoms with Gasteiger partial charge in [0.2, 0.25) is 0 Å². The molecule has 1 N–H and O–H groups in total. The van der Waals surface area contributed by atoms with Gasteiger partial charge >= 0.3 is 11.7 Å². The minimum Gasteiger partial charge on any atom is -0.477 e. The van der Waals surface area contributed by atoms with Gasteiger partial charge in [0.25, 0.3) is 5.56 Å². The van der Waals surface area contributed by atoms with Gasteiger partial charge in [-0.2, -0.15) is 0 Å². The van der Waals surface area contributed by atoms with Crippen molar-refractivity contribution in [1.29, 1.82) is 0 Å². The Morgan fingerprint density at radius 1 is 1.19 bits per heavy atom. The van der Waals surface area contributed by atoms with E-state index in [1.54, 1.807) is 24.3 Å². The number of aromatic carboxylic acids is 1. The second-order valence-corrected chi connectivity index (χ2v) is 6.64. The van der Waals surface area contributed by atoms with Crippen LogP contribution in [0.1, 0.15) is 35.2 Å². The Kier molecular flexibility index (Phi) is 5.37. The molecule has 3 rings (SSSR count). The summed E-state index contributed by atoms with van der Waals surface area (Å²) in [4.78, 5) is 36.8. The molecule has 1 saturated heterocycles. The predicted molar refractivity (Wildman–Crippen MR) is 96.2 cm³/mol. The van der Waals surface area contributed by atoms with Gasteiger partial charge in [-0.1, -0.05) is 17.7 Å². The first kappa shape index (κ1) is 18.1. The zero-order valence-corrected chi connectivity index (χ0v) is 14.7. The minimum atomic E-state index is -1.34. The molecular formula is C19H22N2O5. The Morgan fingerprint density at radius 2 is 1.85 bits per heavy atom. The zero-order chi connectivity index (χ0) is 18.7. The van der Waals surface area contributed by atoms with E-state index < -0.39 is 22.8 Å². The Labute approximate surface area is 150 Å². The molecule has 1 aromatic carbocycles. The van der Waals surface area contributed by atoms with Crippen molar-refractivity contribution in [3.63, 3.8) is 0 Å². The molecule has 0 saturated carbocycles. The molecule has 0 radical (unpaired) electrons. The summed E-state index contributed by atoms with van der Waals surface area (Å²) < 4.78 is 7.61. The molecule has 0 bridgehead atoms. The van der Waals surface area contributed by atoms with Crippen molar-refractivity contribution in [2.75, 3.05) is 13.2 Å². The average Bonchev–Trinajstić information content (AvgIpc) is 2.63. The maximum Gasteiger partial charge on any atom is 0.342 e. The van der Waals surface area contributed by atoms with Gasteiger partial charge in [0, 0.05) is 26.0 Å². The Morgan fingerprint density at radius 3 is 2.46 bits per heavy atom. The van der Waals surface area contributed by atoms with Gasteiger partial charge in [0.1, 0.15) is 5.56 Å². The summed E-state index contributed by atoms with van der Waals surface area (Å²) in [7, 11) is 0. The van der Waals surface area contributed by atoms with Crippen molar-refractivity contribution < 1.29 is 14.6 Å². The van der Waals surface area contributed by atoms with Crippen molar-refractivity contribution in [2.45, 2.75) is 32.7 Å². The molecule has 138 valence electrons. The van der Waals surface area contributed by atoms with E-state index in [0.717, 1.165) is 35.6 Å². The lowest BCUT2D eigenvalue weighted by atomic mass is 9.97. The molecule has 2 aromatic rings. The van der Waals surface area contributed by atoms with E-state index in [2.05, 4.69) is 0 Å². The van der Waals surface area contributed by atoms with Gasteiger partial charge in [-0.25, -0.2) is 14.2 Å². The van der Waals surface area contributed by atoms with Crippen LogP contribution >= 0.6 is 0 Å². The molecule has 1 aromatic heterocycles. The smallest absolute Gasteiger partial charge is 0.342 e. The van der Waals surface area contributed by atoms with Gasteiger partial charge < -0.3 is 9.84 Å². The lowest BCUT2D eigenvalue weighted by Crippen LogP contribution is -2.41. The highest BCUT2D eigenvalue weighted by Gasteiger charge is 2.19. The fourth-order valence-electron chi connectivity index (χ4n) is 3.19. The highest BCUT2D eigenvalue weighted by molar-refractivity contribution is 5.86. The van der Waals surface area contributed by atoms with E-state index in [0.29, 0.717) is 31.4 Å². The van der Waals surface area contributed by atoms with Gasteiger partial charge in [-0.15, -0.1) is 0 Å². The van der Waals surface area contributed by atoms with Gasteiger partial charge in [-0.05, 0) is 44.2 Å². The molecule has 1 fully saturated rings. The molecule has 26 heavy (non-hydrogen) atoms. The number of benzene rings is 1. The van der Waals surface area contributed by atoms with E-state index >= 15 is 0 Å². The van der Waals surface area contributed by atoms with Gasteiger partial charge in [-0.3, -0.25) is 9.36 Å². The molecule has 0 unspecified atom stereocenters. The fraction of sp³-hybridized carbons (Fsp3) is 0.421. The van der Waals surface area contributed by atoms with E-state index in [4.69, 9.17) is 4.74 Å². The quantitative estimate of drug-likeness (QED) is 0.880. The lowest BCUT2D eigenvalue weighted by molar-refractivity contribution is 0.0624. The second kappa shape index (κ2) is 7.70. The fourth-order valence-corrected chi connectivity index (χ4v) is 3.19. The van der Waals surface area contributed by atoms with Crippen LogP contribution in [0.2, 0.25) is 0 Å². The number of carboxylic acid groups (broad SMARTS) is 1. The number of carboxylic acids is 1. The van der Waals surface area contributed by atoms with Crippen molar-refractivity contribution in [2.24, 2.45) is 5.92 Å². The number of carbonyl (C=O) groups is 1. The molecule has 0 atom stereocenters. The largest absolute Gasteiger partial charge is 0.477 e. The zero-order valence-electron chi connectivity index (χ0n) is 14.7. The van der Waals surface area contributed by atoms with Crippen LogP contribution in [0, 0.1) is 12.8 Å². The molecule has 7 heteroatoms. The van der Waals surface area contributed by atoms with Crippen molar-refractivity contribution in [1.82, 2.24) is 9.13 Å². The molecule has 1 aliphatic rings. The summed E-state index contributed by atoms with van der Waals surface area (Å²) in [5.41, 5.74) is -0.383. The van der Waals surface area contributed by atoms with Crippen LogP contribution in [0.4, 0.5) is 0 Å². The number of aromatic nitrogens is 2. The Balaban J connectivity index is 2.01. The van der Waals surface area contributed by atoms with Crippen LogP contribution in [0.3, 0.4) is 0 Å². The first-order chi connectivity index (χ1) is 12.5. The van der Waals surface area contributed by atoms with Crippen LogP contribution in [0.25, 0.3) is 5.69 Å². The van der Waals surface area contributed by atoms with Crippen LogP contribution in [-0.4, -0.2) is 33.4 Å². The van der Waals surface area contributed by atoms with E-state index in [1.807, 2.05) is 6.92 Å². The van der Waals surface area contributed by atoms with Gasteiger partial charge in [0.05, 0.1) is 5.69 Å². The standard InChI is InChI=1S/C19H22N2O5/c1-13-2-4-15(5-3-13)21-17(22)16(18(23)24)12-20(19(21)25)9-6-14-7-10-26-11-8-14/h2-5,12,14H,6-11H2,1H3,(H,23,24). The Hall–Kier alpha value is -2.67. The second-order valence-electron chi connectivity index (χ2n) is 6.64. The van der Waals surface area contributed by atoms with E-state index in [-0.39, 0.29) is 0 Å². The number of ether oxygens (including phenoxy) is 1. The van der Waals surface area contributed by atoms with Crippen molar-refractivity contribution in [3.05, 3.63) is 62.4 Å². The van der Waals surface area contributed by atoms with Crippen LogP contribution in [0.5, 0.6) is 0 Å². The van der Waals surface area contributed by atoms with E-state index in [9.17, 15) is 19.5 Å². The summed E-state index contributed by atoms with van der Waals surface area (Å²) in [6.07, 6.45) is 3.77. The lowest BCUT2D eigenvalue weighted by Gasteiger charge is -2.22. The number of hydrogen-bond donors (Lipinski definition) is 1. The summed E-state index contributed by atoms with van der Waals surface area (Å²) >= 11 is 0. The molecule has 0 aliphatic carbocycles. The third-order valence-electron chi connectivity index (χ3n) is 4.80. The molecule has 2 heterocycles. The van der Waals surface area contributed by atoms with Gasteiger partial charge in [0.15, 0.2) is 0 Å². The van der Waals surface area contributed by atoms with E-state index in [1.165, 1.54) is 4.57 Å². The number of hydrogen-bond acceptors (Lipinski definition) is 4. The maximum absolute atomic E-state index is 12.8. The first-order valence-corrected chi connectivity index (χ1v) is 8.72. The van der Waals surface area contributed by atoms with Crippen molar-refractivity contribution >= 4 is 5.97 Å². The first-order valence-electron chi connectivity index (χ1n) is 8.72. The van der Waals surface area contributed by atoms with Crippen LogP contribution in [0.15, 0.2) is 40.1 Å². The monoisotopic (exact) mass is 358 g/mol. The molecule has 1 aliphatic heterocycles. The summed E-state index contributed by atoms with van der Waals surface area (Å²) in [5.74, 6) is -0.903. The molecule has 0 spiro atoms. The highest BCUT2D eigenvalue weighted by Crippen LogP contribution is 2.18. The molecule has 0 amide bonds. The normalized spacial score (nSPS) is 15.1. The Bertz CT molecular complexity index is 905. The average molecular weight is 358 g/mol. The maximum atomic E-state index is 12.8. The van der Waals surface area contributed by atoms with Crippen molar-refractivity contribution in [3.8, 4) is 5.69 Å². The number of nitrogens with zero attached hydrogens (tertiary/aromatic N) is 2. The summed E-state index contributed by atoms with van der Waals surface area (Å²) in [5, 5.41) is 9.37. The topological polar surface area (TPSA) is 90.5 Å². The number of rotatable bonds is 5. The molecular weight excluding hydrogens is 336 g/mol. The predicted octanol–water partition coefficient (Wildman–Crippen LogP) is 1.82.